The highest BCUT2D eigenvalue weighted by molar-refractivity contribution is 6.30. The quantitative estimate of drug-likeness (QED) is 0.706. The molecule has 0 unspecified atom stereocenters. The van der Waals surface area contributed by atoms with Crippen molar-refractivity contribution in [3.8, 4) is 0 Å². The fourth-order valence-corrected chi connectivity index (χ4v) is 4.31. The number of aryl methyl sites for hydroxylation is 1. The molecule has 2 aliphatic heterocycles. The summed E-state index contributed by atoms with van der Waals surface area (Å²) in [6.45, 7) is 7.62. The van der Waals surface area contributed by atoms with E-state index in [-0.39, 0.29) is 24.4 Å². The Morgan fingerprint density at radius 2 is 1.94 bits per heavy atom. The maximum absolute atomic E-state index is 12.8. The molecule has 31 heavy (non-hydrogen) atoms. The number of carbonyl (C=O) groups excluding carboxylic acids is 3. The molecule has 0 bridgehead atoms. The number of piperidine rings is 1. The molecular weight excluding hydrogens is 418 g/mol. The lowest BCUT2D eigenvalue weighted by Gasteiger charge is -2.43. The Kier molecular flexibility index (Phi) is 7.46. The Morgan fingerprint density at radius 1 is 1.16 bits per heavy atom. The van der Waals surface area contributed by atoms with E-state index in [4.69, 9.17) is 16.3 Å². The van der Waals surface area contributed by atoms with E-state index >= 15 is 0 Å². The van der Waals surface area contributed by atoms with E-state index in [1.54, 1.807) is 0 Å². The number of likely N-dealkylation sites (tertiary alicyclic amines) is 1. The van der Waals surface area contributed by atoms with Crippen LogP contribution < -0.4 is 0 Å². The second kappa shape index (κ2) is 9.90. The van der Waals surface area contributed by atoms with Crippen molar-refractivity contribution >= 4 is 29.5 Å². The van der Waals surface area contributed by atoms with Crippen LogP contribution in [-0.4, -0.2) is 77.0 Å². The summed E-state index contributed by atoms with van der Waals surface area (Å²) >= 11 is 6.02. The molecule has 170 valence electrons. The normalized spacial score (nSPS) is 20.1. The van der Waals surface area contributed by atoms with Crippen LogP contribution in [0.1, 0.15) is 45.6 Å². The van der Waals surface area contributed by atoms with Gasteiger partial charge in [0, 0.05) is 43.7 Å². The van der Waals surface area contributed by atoms with E-state index in [2.05, 4.69) is 0 Å². The highest BCUT2D eigenvalue weighted by Gasteiger charge is 2.36. The molecule has 0 spiro atoms. The Balaban J connectivity index is 1.51. The summed E-state index contributed by atoms with van der Waals surface area (Å²) in [5, 5.41) is 0.673. The molecule has 3 amide bonds. The summed E-state index contributed by atoms with van der Waals surface area (Å²) in [6, 6.07) is 7.57. The van der Waals surface area contributed by atoms with Crippen LogP contribution in [0.2, 0.25) is 5.02 Å². The summed E-state index contributed by atoms with van der Waals surface area (Å²) in [6.07, 6.45) is 2.35. The van der Waals surface area contributed by atoms with E-state index in [1.165, 1.54) is 4.90 Å². The van der Waals surface area contributed by atoms with Gasteiger partial charge in [-0.1, -0.05) is 23.7 Å². The molecule has 2 aliphatic rings. The minimum Gasteiger partial charge on any atom is -0.444 e. The Bertz CT molecular complexity index is 823. The van der Waals surface area contributed by atoms with Crippen LogP contribution in [-0.2, 0) is 20.7 Å². The fourth-order valence-electron chi connectivity index (χ4n) is 4.09. The summed E-state index contributed by atoms with van der Waals surface area (Å²) < 4.78 is 5.38. The lowest BCUT2D eigenvalue weighted by molar-refractivity contribution is -0.143. The summed E-state index contributed by atoms with van der Waals surface area (Å²) in [5.41, 5.74) is 0.454. The third-order valence-corrected chi connectivity index (χ3v) is 5.85. The van der Waals surface area contributed by atoms with Crippen molar-refractivity contribution < 1.29 is 19.1 Å². The average molecular weight is 450 g/mol. The standard InChI is InChI=1S/C23H32ClN3O4/c1-23(2,3)31-22(30)26-12-13-27(21(29)16-26)19-8-5-11-25(15-19)20(28)10-9-17-6-4-7-18(24)14-17/h4,6-7,14,19H,5,8-13,15-16H2,1-3H3/t19-/m0/s1. The molecule has 0 saturated carbocycles. The van der Waals surface area contributed by atoms with Crippen molar-refractivity contribution in [2.45, 2.75) is 58.1 Å². The molecule has 0 radical (unpaired) electrons. The van der Waals surface area contributed by atoms with E-state index < -0.39 is 11.7 Å². The molecule has 2 heterocycles. The predicted octanol–water partition coefficient (Wildman–Crippen LogP) is 3.34. The number of piperazine rings is 1. The van der Waals surface area contributed by atoms with Crippen molar-refractivity contribution in [3.05, 3.63) is 34.9 Å². The SMILES string of the molecule is CC(C)(C)OC(=O)N1CCN([C@H]2CCCN(C(=O)CCc3cccc(Cl)c3)C2)C(=O)C1. The summed E-state index contributed by atoms with van der Waals surface area (Å²) in [5.74, 6) is 0.0138. The van der Waals surface area contributed by atoms with Crippen LogP contribution in [0.4, 0.5) is 4.79 Å². The molecule has 0 aliphatic carbocycles. The van der Waals surface area contributed by atoms with E-state index in [0.29, 0.717) is 37.5 Å². The molecule has 3 rings (SSSR count). The first-order chi connectivity index (χ1) is 14.6. The Labute approximate surface area is 189 Å². The highest BCUT2D eigenvalue weighted by Crippen LogP contribution is 2.21. The Morgan fingerprint density at radius 3 is 2.61 bits per heavy atom. The molecule has 1 aromatic rings. The third-order valence-electron chi connectivity index (χ3n) is 5.62. The minimum absolute atomic E-state index is 0.00263. The molecule has 1 aromatic carbocycles. The van der Waals surface area contributed by atoms with Crippen LogP contribution >= 0.6 is 11.6 Å². The van der Waals surface area contributed by atoms with Crippen LogP contribution in [0.15, 0.2) is 24.3 Å². The van der Waals surface area contributed by atoms with Crippen LogP contribution in [0.25, 0.3) is 0 Å². The molecule has 8 heteroatoms. The maximum atomic E-state index is 12.8. The van der Waals surface area contributed by atoms with Gasteiger partial charge in [-0.15, -0.1) is 0 Å². The van der Waals surface area contributed by atoms with Gasteiger partial charge in [-0.05, 0) is 57.7 Å². The Hall–Kier alpha value is -2.28. The predicted molar refractivity (Wildman–Crippen MR) is 119 cm³/mol. The maximum Gasteiger partial charge on any atom is 0.410 e. The van der Waals surface area contributed by atoms with Crippen molar-refractivity contribution in [1.29, 1.82) is 0 Å². The van der Waals surface area contributed by atoms with Gasteiger partial charge in [0.25, 0.3) is 0 Å². The van der Waals surface area contributed by atoms with Gasteiger partial charge in [-0.2, -0.15) is 0 Å². The number of ether oxygens (including phenoxy) is 1. The largest absolute Gasteiger partial charge is 0.444 e. The zero-order valence-corrected chi connectivity index (χ0v) is 19.4. The molecule has 1 atom stereocenters. The van der Waals surface area contributed by atoms with Gasteiger partial charge in [0.1, 0.15) is 12.1 Å². The minimum atomic E-state index is -0.591. The van der Waals surface area contributed by atoms with Crippen LogP contribution in [0.5, 0.6) is 0 Å². The molecule has 2 saturated heterocycles. The van der Waals surface area contributed by atoms with Crippen molar-refractivity contribution in [2.75, 3.05) is 32.7 Å². The first-order valence-electron chi connectivity index (χ1n) is 10.9. The number of hydrogen-bond acceptors (Lipinski definition) is 4. The monoisotopic (exact) mass is 449 g/mol. The van der Waals surface area contributed by atoms with Crippen LogP contribution in [0.3, 0.4) is 0 Å². The lowest BCUT2D eigenvalue weighted by Crippen LogP contribution is -2.59. The molecule has 2 fully saturated rings. The van der Waals surface area contributed by atoms with Gasteiger partial charge in [0.05, 0.1) is 0 Å². The molecule has 0 N–H and O–H groups in total. The van der Waals surface area contributed by atoms with E-state index in [1.807, 2.05) is 54.8 Å². The number of hydrogen-bond donors (Lipinski definition) is 0. The van der Waals surface area contributed by atoms with Gasteiger partial charge in [-0.3, -0.25) is 14.5 Å². The second-order valence-corrected chi connectivity index (χ2v) is 9.69. The van der Waals surface area contributed by atoms with Crippen molar-refractivity contribution in [3.63, 3.8) is 0 Å². The average Bonchev–Trinajstić information content (AvgIpc) is 2.71. The third kappa shape index (κ3) is 6.60. The topological polar surface area (TPSA) is 70.2 Å². The zero-order valence-electron chi connectivity index (χ0n) is 18.6. The van der Waals surface area contributed by atoms with Gasteiger partial charge < -0.3 is 14.5 Å². The smallest absolute Gasteiger partial charge is 0.410 e. The second-order valence-electron chi connectivity index (χ2n) is 9.25. The molecular formula is C23H32ClN3O4. The first kappa shape index (κ1) is 23.4. The fraction of sp³-hybridized carbons (Fsp3) is 0.609. The summed E-state index contributed by atoms with van der Waals surface area (Å²) in [7, 11) is 0. The number of rotatable bonds is 4. The first-order valence-corrected chi connectivity index (χ1v) is 11.3. The lowest BCUT2D eigenvalue weighted by atomic mass is 10.0. The molecule has 7 nitrogen and oxygen atoms in total. The number of carbonyl (C=O) groups is 3. The number of halogens is 1. The summed E-state index contributed by atoms with van der Waals surface area (Å²) in [4.78, 5) is 42.9. The van der Waals surface area contributed by atoms with Gasteiger partial charge in [0.15, 0.2) is 0 Å². The number of amides is 3. The highest BCUT2D eigenvalue weighted by atomic mass is 35.5. The van der Waals surface area contributed by atoms with Gasteiger partial charge in [-0.25, -0.2) is 4.79 Å². The van der Waals surface area contributed by atoms with Gasteiger partial charge in [0.2, 0.25) is 11.8 Å². The van der Waals surface area contributed by atoms with Crippen LogP contribution in [0, 0.1) is 0 Å². The van der Waals surface area contributed by atoms with Crippen molar-refractivity contribution in [1.82, 2.24) is 14.7 Å². The zero-order chi connectivity index (χ0) is 22.6. The van der Waals surface area contributed by atoms with E-state index in [9.17, 15) is 14.4 Å². The number of benzene rings is 1. The van der Waals surface area contributed by atoms with Crippen molar-refractivity contribution in [2.24, 2.45) is 0 Å². The van der Waals surface area contributed by atoms with Gasteiger partial charge >= 0.3 is 6.09 Å². The van der Waals surface area contributed by atoms with E-state index in [0.717, 1.165) is 24.9 Å². The molecule has 0 aromatic heterocycles. The number of nitrogens with zero attached hydrogens (tertiary/aromatic N) is 3.